The van der Waals surface area contributed by atoms with Crippen LogP contribution in [-0.4, -0.2) is 42.7 Å². The van der Waals surface area contributed by atoms with Crippen LogP contribution in [0, 0.1) is 0 Å². The number of benzene rings is 2. The Kier molecular flexibility index (Phi) is 5.72. The molecule has 0 aromatic heterocycles. The average Bonchev–Trinajstić information content (AvgIpc) is 2.62. The molecule has 3 nitrogen and oxygen atoms in total. The molecule has 1 heterocycles. The number of aliphatic hydroxyl groups is 1. The van der Waals surface area contributed by atoms with Crippen molar-refractivity contribution in [2.24, 2.45) is 0 Å². The van der Waals surface area contributed by atoms with Gasteiger partial charge < -0.3 is 15.3 Å². The molecule has 0 aliphatic carbocycles. The lowest BCUT2D eigenvalue weighted by atomic mass is 9.90. The fourth-order valence-corrected chi connectivity index (χ4v) is 3.38. The Morgan fingerprint density at radius 1 is 1.00 bits per heavy atom. The second-order valence-corrected chi connectivity index (χ2v) is 7.62. The highest BCUT2D eigenvalue weighted by Crippen LogP contribution is 2.28. The zero-order valence-electron chi connectivity index (χ0n) is 14.1. The molecule has 1 atom stereocenters. The Hall–Kier alpha value is -1.20. The minimum Gasteiger partial charge on any atom is -0.385 e. The molecule has 2 aromatic rings. The highest BCUT2D eigenvalue weighted by molar-refractivity contribution is 9.10. The van der Waals surface area contributed by atoms with E-state index in [1.807, 2.05) is 19.1 Å². The molecule has 128 valence electrons. The number of hydrogen-bond acceptors (Lipinski definition) is 3. The molecule has 0 amide bonds. The van der Waals surface area contributed by atoms with E-state index in [1.54, 1.807) is 0 Å². The summed E-state index contributed by atoms with van der Waals surface area (Å²) in [7, 11) is 0. The second-order valence-electron chi connectivity index (χ2n) is 6.70. The van der Waals surface area contributed by atoms with Crippen LogP contribution in [0.25, 0.3) is 11.1 Å². The first-order valence-electron chi connectivity index (χ1n) is 8.56. The molecular weight excluding hydrogens is 364 g/mol. The maximum absolute atomic E-state index is 10.9. The maximum Gasteiger partial charge on any atom is 0.0880 e. The summed E-state index contributed by atoms with van der Waals surface area (Å²) in [5, 5.41) is 14.2. The van der Waals surface area contributed by atoms with Crippen LogP contribution in [-0.2, 0) is 5.60 Å². The summed E-state index contributed by atoms with van der Waals surface area (Å²) in [5.41, 5.74) is 2.55. The first-order chi connectivity index (χ1) is 11.5. The molecule has 3 rings (SSSR count). The fourth-order valence-electron chi connectivity index (χ4n) is 3.12. The first kappa shape index (κ1) is 17.6. The monoisotopic (exact) mass is 388 g/mol. The van der Waals surface area contributed by atoms with E-state index in [9.17, 15) is 5.11 Å². The SMILES string of the molecule is CC(O)(CCN1CCNCC1)c1ccc(-c2ccc(Br)cc2)cc1. The quantitative estimate of drug-likeness (QED) is 0.820. The zero-order chi connectivity index (χ0) is 17.0. The number of hydrogen-bond donors (Lipinski definition) is 2. The van der Waals surface area contributed by atoms with Gasteiger partial charge in [-0.15, -0.1) is 0 Å². The van der Waals surface area contributed by atoms with Crippen LogP contribution in [0.3, 0.4) is 0 Å². The standard InChI is InChI=1S/C20H25BrN2O/c1-20(24,10-13-23-14-11-22-12-15-23)18-6-2-16(3-7-18)17-4-8-19(21)9-5-17/h2-9,22,24H,10-15H2,1H3. The number of halogens is 1. The number of rotatable bonds is 5. The van der Waals surface area contributed by atoms with E-state index < -0.39 is 5.60 Å². The van der Waals surface area contributed by atoms with Gasteiger partial charge in [0.05, 0.1) is 5.60 Å². The molecule has 4 heteroatoms. The van der Waals surface area contributed by atoms with E-state index in [-0.39, 0.29) is 0 Å². The third-order valence-corrected chi connectivity index (χ3v) is 5.34. The Morgan fingerprint density at radius 2 is 1.54 bits per heavy atom. The van der Waals surface area contributed by atoms with Gasteiger partial charge in [0.2, 0.25) is 0 Å². The molecule has 0 spiro atoms. The molecule has 1 unspecified atom stereocenters. The van der Waals surface area contributed by atoms with Crippen molar-refractivity contribution >= 4 is 15.9 Å². The summed E-state index contributed by atoms with van der Waals surface area (Å²) in [6.45, 7) is 7.08. The van der Waals surface area contributed by atoms with Gasteiger partial charge in [-0.1, -0.05) is 52.3 Å². The molecule has 2 N–H and O–H groups in total. The van der Waals surface area contributed by atoms with Gasteiger partial charge in [0.1, 0.15) is 0 Å². The molecular formula is C20H25BrN2O. The summed E-state index contributed by atoms with van der Waals surface area (Å²) in [6, 6.07) is 16.6. The molecule has 0 radical (unpaired) electrons. The van der Waals surface area contributed by atoms with Crippen molar-refractivity contribution in [3.05, 3.63) is 58.6 Å². The van der Waals surface area contributed by atoms with E-state index in [4.69, 9.17) is 0 Å². The van der Waals surface area contributed by atoms with E-state index in [0.717, 1.165) is 49.2 Å². The highest BCUT2D eigenvalue weighted by Gasteiger charge is 2.24. The van der Waals surface area contributed by atoms with Crippen molar-refractivity contribution in [3.8, 4) is 11.1 Å². The van der Waals surface area contributed by atoms with Crippen LogP contribution >= 0.6 is 15.9 Å². The van der Waals surface area contributed by atoms with E-state index in [0.29, 0.717) is 0 Å². The Labute approximate surface area is 152 Å². The molecule has 0 saturated carbocycles. The van der Waals surface area contributed by atoms with Gasteiger partial charge in [-0.05, 0) is 42.2 Å². The molecule has 24 heavy (non-hydrogen) atoms. The Bertz CT molecular complexity index is 646. The topological polar surface area (TPSA) is 35.5 Å². The molecule has 1 saturated heterocycles. The maximum atomic E-state index is 10.9. The van der Waals surface area contributed by atoms with Crippen LogP contribution in [0.2, 0.25) is 0 Å². The molecule has 1 aliphatic rings. The van der Waals surface area contributed by atoms with Crippen LogP contribution in [0.1, 0.15) is 18.9 Å². The summed E-state index contributed by atoms with van der Waals surface area (Å²) in [6.07, 6.45) is 0.755. The van der Waals surface area contributed by atoms with Gasteiger partial charge in [-0.25, -0.2) is 0 Å². The third kappa shape index (κ3) is 4.45. The fraction of sp³-hybridized carbons (Fsp3) is 0.400. The van der Waals surface area contributed by atoms with E-state index in [2.05, 4.69) is 62.5 Å². The van der Waals surface area contributed by atoms with Crippen molar-refractivity contribution in [1.29, 1.82) is 0 Å². The number of nitrogens with one attached hydrogen (secondary N) is 1. The van der Waals surface area contributed by atoms with Gasteiger partial charge in [-0.2, -0.15) is 0 Å². The van der Waals surface area contributed by atoms with E-state index >= 15 is 0 Å². The minimum atomic E-state index is -0.789. The smallest absolute Gasteiger partial charge is 0.0880 e. The second kappa shape index (κ2) is 7.79. The lowest BCUT2D eigenvalue weighted by Crippen LogP contribution is -2.45. The Morgan fingerprint density at radius 3 is 2.12 bits per heavy atom. The number of nitrogens with zero attached hydrogens (tertiary/aromatic N) is 1. The Balaban J connectivity index is 1.65. The molecule has 0 bridgehead atoms. The van der Waals surface area contributed by atoms with Gasteiger partial charge in [-0.3, -0.25) is 0 Å². The van der Waals surface area contributed by atoms with Crippen LogP contribution in [0.4, 0.5) is 0 Å². The van der Waals surface area contributed by atoms with Crippen molar-refractivity contribution in [3.63, 3.8) is 0 Å². The van der Waals surface area contributed by atoms with Crippen molar-refractivity contribution < 1.29 is 5.11 Å². The lowest BCUT2D eigenvalue weighted by Gasteiger charge is -2.31. The van der Waals surface area contributed by atoms with Crippen molar-refractivity contribution in [2.75, 3.05) is 32.7 Å². The predicted molar refractivity (Wildman–Crippen MR) is 103 cm³/mol. The summed E-state index contributed by atoms with van der Waals surface area (Å²) >= 11 is 3.46. The van der Waals surface area contributed by atoms with Gasteiger partial charge in [0.25, 0.3) is 0 Å². The predicted octanol–water partition coefficient (Wildman–Crippen LogP) is 3.62. The zero-order valence-corrected chi connectivity index (χ0v) is 15.7. The minimum absolute atomic E-state index is 0.755. The summed E-state index contributed by atoms with van der Waals surface area (Å²) in [5.74, 6) is 0. The molecule has 1 fully saturated rings. The van der Waals surface area contributed by atoms with Gasteiger partial charge >= 0.3 is 0 Å². The lowest BCUT2D eigenvalue weighted by molar-refractivity contribution is 0.0345. The van der Waals surface area contributed by atoms with Crippen LogP contribution in [0.5, 0.6) is 0 Å². The summed E-state index contributed by atoms with van der Waals surface area (Å²) < 4.78 is 1.08. The van der Waals surface area contributed by atoms with Crippen molar-refractivity contribution in [2.45, 2.75) is 18.9 Å². The van der Waals surface area contributed by atoms with Crippen molar-refractivity contribution in [1.82, 2.24) is 10.2 Å². The normalized spacial score (nSPS) is 18.3. The van der Waals surface area contributed by atoms with Crippen LogP contribution in [0.15, 0.2) is 53.0 Å². The van der Waals surface area contributed by atoms with Gasteiger partial charge in [0, 0.05) is 37.2 Å². The largest absolute Gasteiger partial charge is 0.385 e. The average molecular weight is 389 g/mol. The van der Waals surface area contributed by atoms with Crippen LogP contribution < -0.4 is 5.32 Å². The molecule has 1 aliphatic heterocycles. The first-order valence-corrected chi connectivity index (χ1v) is 9.36. The van der Waals surface area contributed by atoms with E-state index in [1.165, 1.54) is 11.1 Å². The number of piperazine rings is 1. The van der Waals surface area contributed by atoms with Gasteiger partial charge in [0.15, 0.2) is 0 Å². The highest BCUT2D eigenvalue weighted by atomic mass is 79.9. The molecule has 2 aromatic carbocycles. The summed E-state index contributed by atoms with van der Waals surface area (Å²) in [4.78, 5) is 2.42. The third-order valence-electron chi connectivity index (χ3n) is 4.81.